The molecule has 2 aromatic carbocycles. The van der Waals surface area contributed by atoms with E-state index in [0.29, 0.717) is 12.3 Å². The zero-order valence-electron chi connectivity index (χ0n) is 12.0. The number of rotatable bonds is 6. The van der Waals surface area contributed by atoms with Gasteiger partial charge in [0.2, 0.25) is 0 Å². The van der Waals surface area contributed by atoms with Crippen molar-refractivity contribution < 1.29 is 9.84 Å². The minimum atomic E-state index is 0.294. The molecule has 0 aliphatic heterocycles. The van der Waals surface area contributed by atoms with Crippen LogP contribution in [0.5, 0.6) is 11.5 Å². The average Bonchev–Trinajstić information content (AvgIpc) is 2.49. The van der Waals surface area contributed by atoms with Gasteiger partial charge in [-0.25, -0.2) is 0 Å². The Morgan fingerprint density at radius 3 is 2.40 bits per heavy atom. The molecule has 0 saturated carbocycles. The number of phenols is 1. The van der Waals surface area contributed by atoms with Crippen molar-refractivity contribution in [1.29, 1.82) is 0 Å². The number of ether oxygens (including phenoxy) is 1. The molecule has 0 saturated heterocycles. The summed E-state index contributed by atoms with van der Waals surface area (Å²) in [6, 6.07) is 13.7. The Morgan fingerprint density at radius 1 is 1.00 bits per heavy atom. The highest BCUT2D eigenvalue weighted by Gasteiger charge is 2.04. The Labute approximate surface area is 120 Å². The molecule has 2 N–H and O–H groups in total. The van der Waals surface area contributed by atoms with Crippen LogP contribution in [0.4, 0.5) is 0 Å². The average molecular weight is 271 g/mol. The molecule has 106 valence electrons. The summed E-state index contributed by atoms with van der Waals surface area (Å²) in [4.78, 5) is 0. The lowest BCUT2D eigenvalue weighted by Crippen LogP contribution is -2.14. The van der Waals surface area contributed by atoms with Gasteiger partial charge in [0.1, 0.15) is 11.5 Å². The second-order valence-electron chi connectivity index (χ2n) is 4.72. The number of hydrogen-bond acceptors (Lipinski definition) is 3. The minimum Gasteiger partial charge on any atom is -0.508 e. The quantitative estimate of drug-likeness (QED) is 0.847. The van der Waals surface area contributed by atoms with E-state index in [-0.39, 0.29) is 0 Å². The number of phenolic OH excluding ortho intramolecular Hbond substituents is 1. The molecule has 20 heavy (non-hydrogen) atoms. The van der Waals surface area contributed by atoms with E-state index in [4.69, 9.17) is 4.74 Å². The topological polar surface area (TPSA) is 41.5 Å². The first-order chi connectivity index (χ1) is 9.74. The fraction of sp³-hybridized carbons (Fsp3) is 0.294. The first-order valence-corrected chi connectivity index (χ1v) is 6.88. The lowest BCUT2D eigenvalue weighted by Gasteiger charge is -2.11. The molecule has 0 radical (unpaired) electrons. The summed E-state index contributed by atoms with van der Waals surface area (Å²) in [7, 11) is 1.63. The van der Waals surface area contributed by atoms with Gasteiger partial charge in [0, 0.05) is 18.7 Å². The molecule has 0 unspecified atom stereocenters. The maximum absolute atomic E-state index is 9.83. The van der Waals surface area contributed by atoms with E-state index in [1.807, 2.05) is 6.07 Å². The van der Waals surface area contributed by atoms with Crippen molar-refractivity contribution in [3.8, 4) is 11.5 Å². The summed E-state index contributed by atoms with van der Waals surface area (Å²) in [6.45, 7) is 3.56. The van der Waals surface area contributed by atoms with E-state index in [0.717, 1.165) is 24.3 Å². The standard InChI is InChI=1S/C17H21NO2/c1-3-13-6-4-5-7-14(13)11-18-12-15-10-16(20-2)8-9-17(15)19/h4-10,18-19H,3,11-12H2,1-2H3. The molecular weight excluding hydrogens is 250 g/mol. The summed E-state index contributed by atoms with van der Waals surface area (Å²) < 4.78 is 5.17. The van der Waals surface area contributed by atoms with Crippen molar-refractivity contribution in [3.05, 3.63) is 59.2 Å². The van der Waals surface area contributed by atoms with E-state index >= 15 is 0 Å². The normalized spacial score (nSPS) is 10.5. The Bertz CT molecular complexity index is 567. The molecule has 3 heteroatoms. The van der Waals surface area contributed by atoms with E-state index in [1.165, 1.54) is 11.1 Å². The number of hydrogen-bond donors (Lipinski definition) is 2. The molecule has 0 amide bonds. The van der Waals surface area contributed by atoms with Gasteiger partial charge in [0.25, 0.3) is 0 Å². The van der Waals surface area contributed by atoms with E-state index < -0.39 is 0 Å². The van der Waals surface area contributed by atoms with Crippen LogP contribution in [0.3, 0.4) is 0 Å². The summed E-state index contributed by atoms with van der Waals surface area (Å²) in [5, 5.41) is 13.2. The first kappa shape index (κ1) is 14.4. The Morgan fingerprint density at radius 2 is 1.70 bits per heavy atom. The molecule has 0 bridgehead atoms. The monoisotopic (exact) mass is 271 g/mol. The number of nitrogens with one attached hydrogen (secondary N) is 1. The third-order valence-electron chi connectivity index (χ3n) is 3.42. The van der Waals surface area contributed by atoms with Crippen LogP contribution >= 0.6 is 0 Å². The molecule has 3 nitrogen and oxygen atoms in total. The second-order valence-corrected chi connectivity index (χ2v) is 4.72. The fourth-order valence-electron chi connectivity index (χ4n) is 2.24. The Hall–Kier alpha value is -2.00. The van der Waals surface area contributed by atoms with Crippen LogP contribution in [-0.4, -0.2) is 12.2 Å². The first-order valence-electron chi connectivity index (χ1n) is 6.88. The van der Waals surface area contributed by atoms with Crippen LogP contribution in [-0.2, 0) is 19.5 Å². The summed E-state index contributed by atoms with van der Waals surface area (Å²) in [6.07, 6.45) is 1.03. The summed E-state index contributed by atoms with van der Waals surface area (Å²) in [5.74, 6) is 1.05. The highest BCUT2D eigenvalue weighted by atomic mass is 16.5. The third kappa shape index (κ3) is 3.52. The molecule has 0 aliphatic carbocycles. The van der Waals surface area contributed by atoms with Crippen LogP contribution in [0.25, 0.3) is 0 Å². The van der Waals surface area contributed by atoms with Crippen LogP contribution in [0.1, 0.15) is 23.6 Å². The lowest BCUT2D eigenvalue weighted by molar-refractivity contribution is 0.410. The SMILES string of the molecule is CCc1ccccc1CNCc1cc(OC)ccc1O. The molecule has 0 aliphatic rings. The maximum atomic E-state index is 9.83. The van der Waals surface area contributed by atoms with E-state index in [2.05, 4.69) is 36.5 Å². The van der Waals surface area contributed by atoms with Crippen molar-refractivity contribution in [1.82, 2.24) is 5.32 Å². The van der Waals surface area contributed by atoms with Gasteiger partial charge in [-0.3, -0.25) is 0 Å². The van der Waals surface area contributed by atoms with Gasteiger partial charge < -0.3 is 15.2 Å². The van der Waals surface area contributed by atoms with Gasteiger partial charge in [0.15, 0.2) is 0 Å². The number of aryl methyl sites for hydroxylation is 1. The zero-order chi connectivity index (χ0) is 14.4. The minimum absolute atomic E-state index is 0.294. The van der Waals surface area contributed by atoms with Gasteiger partial charge in [-0.2, -0.15) is 0 Å². The zero-order valence-corrected chi connectivity index (χ0v) is 12.0. The van der Waals surface area contributed by atoms with E-state index in [9.17, 15) is 5.11 Å². The van der Waals surface area contributed by atoms with Crippen molar-refractivity contribution in [2.45, 2.75) is 26.4 Å². The number of methoxy groups -OCH3 is 1. The van der Waals surface area contributed by atoms with Crippen molar-refractivity contribution in [2.24, 2.45) is 0 Å². The van der Waals surface area contributed by atoms with Crippen LogP contribution in [0, 0.1) is 0 Å². The number of aromatic hydroxyl groups is 1. The molecule has 0 heterocycles. The fourth-order valence-corrected chi connectivity index (χ4v) is 2.24. The molecule has 0 spiro atoms. The van der Waals surface area contributed by atoms with Gasteiger partial charge in [-0.05, 0) is 35.7 Å². The highest BCUT2D eigenvalue weighted by molar-refractivity contribution is 5.39. The van der Waals surface area contributed by atoms with Crippen LogP contribution in [0.15, 0.2) is 42.5 Å². The van der Waals surface area contributed by atoms with Crippen molar-refractivity contribution in [2.75, 3.05) is 7.11 Å². The lowest BCUT2D eigenvalue weighted by atomic mass is 10.1. The highest BCUT2D eigenvalue weighted by Crippen LogP contribution is 2.22. The molecule has 0 aromatic heterocycles. The number of benzene rings is 2. The predicted octanol–water partition coefficient (Wildman–Crippen LogP) is 3.25. The molecular formula is C17H21NO2. The summed E-state index contributed by atoms with van der Waals surface area (Å²) in [5.41, 5.74) is 3.51. The van der Waals surface area contributed by atoms with Crippen molar-refractivity contribution in [3.63, 3.8) is 0 Å². The largest absolute Gasteiger partial charge is 0.508 e. The van der Waals surface area contributed by atoms with Gasteiger partial charge in [0.05, 0.1) is 7.11 Å². The molecule has 2 rings (SSSR count). The summed E-state index contributed by atoms with van der Waals surface area (Å²) >= 11 is 0. The molecule has 0 fully saturated rings. The Balaban J connectivity index is 1.99. The van der Waals surface area contributed by atoms with Gasteiger partial charge in [-0.1, -0.05) is 31.2 Å². The van der Waals surface area contributed by atoms with Crippen molar-refractivity contribution >= 4 is 0 Å². The smallest absolute Gasteiger partial charge is 0.120 e. The molecule has 2 aromatic rings. The maximum Gasteiger partial charge on any atom is 0.120 e. The second kappa shape index (κ2) is 6.96. The predicted molar refractivity (Wildman–Crippen MR) is 81.0 cm³/mol. The Kier molecular flexibility index (Phi) is 5.02. The van der Waals surface area contributed by atoms with Gasteiger partial charge >= 0.3 is 0 Å². The van der Waals surface area contributed by atoms with E-state index in [1.54, 1.807) is 19.2 Å². The third-order valence-corrected chi connectivity index (χ3v) is 3.42. The van der Waals surface area contributed by atoms with Gasteiger partial charge in [-0.15, -0.1) is 0 Å². The molecule has 0 atom stereocenters. The van der Waals surface area contributed by atoms with Crippen LogP contribution in [0.2, 0.25) is 0 Å². The van der Waals surface area contributed by atoms with Crippen LogP contribution < -0.4 is 10.1 Å².